The molecular weight excluding hydrogens is 394 g/mol. The highest BCUT2D eigenvalue weighted by Gasteiger charge is 2.24. The van der Waals surface area contributed by atoms with Gasteiger partial charge in [0.1, 0.15) is 18.1 Å². The van der Waals surface area contributed by atoms with Crippen molar-refractivity contribution >= 4 is 23.1 Å². The lowest BCUT2D eigenvalue weighted by molar-refractivity contribution is -0.116. The van der Waals surface area contributed by atoms with Gasteiger partial charge in [0, 0.05) is 25.3 Å². The number of rotatable bonds is 7. The third kappa shape index (κ3) is 4.68. The molecule has 1 saturated heterocycles. The Morgan fingerprint density at radius 2 is 1.81 bits per heavy atom. The number of anilines is 3. The van der Waals surface area contributed by atoms with Crippen LogP contribution in [0.25, 0.3) is 0 Å². The van der Waals surface area contributed by atoms with E-state index in [1.807, 2.05) is 43.9 Å². The van der Waals surface area contributed by atoms with Crippen LogP contribution in [0.5, 0.6) is 0 Å². The molecule has 2 heterocycles. The highest BCUT2D eigenvalue weighted by atomic mass is 16.2. The average Bonchev–Trinajstić information content (AvgIpc) is 2.76. The SMILES string of the molecule is CCCn1c(N)c(N2CCCCC2)c(=O)n(CC(=O)Nc2c(C)cccc2CC)c1=O. The summed E-state index contributed by atoms with van der Waals surface area (Å²) >= 11 is 0. The van der Waals surface area contributed by atoms with Gasteiger partial charge in [-0.25, -0.2) is 9.36 Å². The minimum atomic E-state index is -0.541. The monoisotopic (exact) mass is 427 g/mol. The predicted molar refractivity (Wildman–Crippen MR) is 125 cm³/mol. The summed E-state index contributed by atoms with van der Waals surface area (Å²) in [7, 11) is 0. The largest absolute Gasteiger partial charge is 0.383 e. The number of hydrogen-bond acceptors (Lipinski definition) is 5. The van der Waals surface area contributed by atoms with Crippen molar-refractivity contribution in [2.24, 2.45) is 0 Å². The van der Waals surface area contributed by atoms with Crippen molar-refractivity contribution in [1.29, 1.82) is 0 Å². The van der Waals surface area contributed by atoms with E-state index in [-0.39, 0.29) is 12.4 Å². The fraction of sp³-hybridized carbons (Fsp3) is 0.522. The van der Waals surface area contributed by atoms with Gasteiger partial charge in [0.25, 0.3) is 5.56 Å². The van der Waals surface area contributed by atoms with Gasteiger partial charge in [-0.2, -0.15) is 0 Å². The number of amides is 1. The third-order valence-corrected chi connectivity index (χ3v) is 5.87. The van der Waals surface area contributed by atoms with Crippen LogP contribution in [-0.4, -0.2) is 28.1 Å². The molecule has 1 aromatic heterocycles. The second-order valence-electron chi connectivity index (χ2n) is 8.12. The zero-order chi connectivity index (χ0) is 22.5. The quantitative estimate of drug-likeness (QED) is 0.707. The second-order valence-corrected chi connectivity index (χ2v) is 8.12. The molecule has 0 spiro atoms. The number of piperidine rings is 1. The van der Waals surface area contributed by atoms with E-state index in [1.54, 1.807) is 0 Å². The number of aryl methyl sites for hydroxylation is 2. The number of carbonyl (C=O) groups excluding carboxylic acids is 1. The van der Waals surface area contributed by atoms with E-state index in [4.69, 9.17) is 5.73 Å². The second kappa shape index (κ2) is 9.85. The molecule has 31 heavy (non-hydrogen) atoms. The molecule has 8 nitrogen and oxygen atoms in total. The van der Waals surface area contributed by atoms with E-state index in [0.717, 1.165) is 60.2 Å². The van der Waals surface area contributed by atoms with Crippen LogP contribution in [0.15, 0.2) is 27.8 Å². The molecule has 0 atom stereocenters. The van der Waals surface area contributed by atoms with Gasteiger partial charge in [0.05, 0.1) is 0 Å². The number of nitrogen functional groups attached to an aromatic ring is 1. The Kier molecular flexibility index (Phi) is 7.20. The molecule has 0 saturated carbocycles. The number of nitrogens with one attached hydrogen (secondary N) is 1. The van der Waals surface area contributed by atoms with E-state index in [0.29, 0.717) is 18.7 Å². The number of hydrogen-bond donors (Lipinski definition) is 2. The lowest BCUT2D eigenvalue weighted by Gasteiger charge is -2.30. The van der Waals surface area contributed by atoms with E-state index < -0.39 is 17.2 Å². The third-order valence-electron chi connectivity index (χ3n) is 5.87. The topological polar surface area (TPSA) is 102 Å². The first kappa shape index (κ1) is 22.7. The Bertz CT molecular complexity index is 1060. The Hall–Kier alpha value is -3.03. The highest BCUT2D eigenvalue weighted by Crippen LogP contribution is 2.23. The van der Waals surface area contributed by atoms with Gasteiger partial charge in [-0.15, -0.1) is 0 Å². The van der Waals surface area contributed by atoms with Gasteiger partial charge in [0.2, 0.25) is 5.91 Å². The molecule has 0 aliphatic carbocycles. The van der Waals surface area contributed by atoms with Crippen molar-refractivity contribution in [3.05, 3.63) is 50.2 Å². The summed E-state index contributed by atoms with van der Waals surface area (Å²) in [6.07, 6.45) is 4.51. The van der Waals surface area contributed by atoms with Crippen LogP contribution in [0.1, 0.15) is 50.7 Å². The minimum absolute atomic E-state index is 0.197. The molecule has 1 aliphatic heterocycles. The normalized spacial score (nSPS) is 14.0. The van der Waals surface area contributed by atoms with Gasteiger partial charge in [0.15, 0.2) is 0 Å². The number of nitrogens with zero attached hydrogens (tertiary/aromatic N) is 3. The molecule has 0 bridgehead atoms. The number of carbonyl (C=O) groups is 1. The molecule has 1 fully saturated rings. The summed E-state index contributed by atoms with van der Waals surface area (Å²) in [6, 6.07) is 5.83. The smallest absolute Gasteiger partial charge is 0.333 e. The molecule has 1 amide bonds. The van der Waals surface area contributed by atoms with Crippen molar-refractivity contribution in [3.63, 3.8) is 0 Å². The summed E-state index contributed by atoms with van der Waals surface area (Å²) < 4.78 is 2.44. The summed E-state index contributed by atoms with van der Waals surface area (Å²) in [5.74, 6) is -0.205. The Morgan fingerprint density at radius 1 is 1.10 bits per heavy atom. The van der Waals surface area contributed by atoms with Crippen molar-refractivity contribution < 1.29 is 4.79 Å². The highest BCUT2D eigenvalue weighted by molar-refractivity contribution is 5.92. The molecule has 0 radical (unpaired) electrons. The van der Waals surface area contributed by atoms with Gasteiger partial charge in [-0.05, 0) is 50.2 Å². The van der Waals surface area contributed by atoms with Crippen molar-refractivity contribution in [1.82, 2.24) is 9.13 Å². The number of para-hydroxylation sites is 1. The lowest BCUT2D eigenvalue weighted by Crippen LogP contribution is -2.47. The Morgan fingerprint density at radius 3 is 2.45 bits per heavy atom. The Labute approximate surface area is 182 Å². The van der Waals surface area contributed by atoms with Crippen molar-refractivity contribution in [3.8, 4) is 0 Å². The van der Waals surface area contributed by atoms with E-state index in [9.17, 15) is 14.4 Å². The zero-order valence-corrected chi connectivity index (χ0v) is 18.7. The first-order chi connectivity index (χ1) is 14.9. The molecule has 3 rings (SSSR count). The predicted octanol–water partition coefficient (Wildman–Crippen LogP) is 2.50. The minimum Gasteiger partial charge on any atom is -0.383 e. The molecule has 3 N–H and O–H groups in total. The molecule has 0 unspecified atom stereocenters. The molecule has 1 aliphatic rings. The maximum atomic E-state index is 13.3. The number of benzene rings is 1. The summed E-state index contributed by atoms with van der Waals surface area (Å²) in [5, 5.41) is 2.91. The van der Waals surface area contributed by atoms with Gasteiger partial charge in [-0.1, -0.05) is 32.0 Å². The van der Waals surface area contributed by atoms with Crippen molar-refractivity contribution in [2.75, 3.05) is 29.0 Å². The zero-order valence-electron chi connectivity index (χ0n) is 18.7. The van der Waals surface area contributed by atoms with E-state index in [1.165, 1.54) is 4.57 Å². The van der Waals surface area contributed by atoms with Crippen molar-refractivity contribution in [2.45, 2.75) is 66.0 Å². The lowest BCUT2D eigenvalue weighted by atomic mass is 10.1. The van der Waals surface area contributed by atoms with Gasteiger partial charge < -0.3 is 16.0 Å². The van der Waals surface area contributed by atoms with E-state index in [2.05, 4.69) is 5.32 Å². The Balaban J connectivity index is 2.00. The molecule has 2 aromatic rings. The number of aromatic nitrogens is 2. The average molecular weight is 428 g/mol. The van der Waals surface area contributed by atoms with Crippen LogP contribution in [0.3, 0.4) is 0 Å². The van der Waals surface area contributed by atoms with Crippen LogP contribution < -0.4 is 27.2 Å². The number of nitrogens with two attached hydrogens (primary N) is 1. The first-order valence-corrected chi connectivity index (χ1v) is 11.1. The van der Waals surface area contributed by atoms with Gasteiger partial charge in [-0.3, -0.25) is 14.2 Å². The summed E-state index contributed by atoms with van der Waals surface area (Å²) in [6.45, 7) is 7.37. The van der Waals surface area contributed by atoms with Crippen LogP contribution in [-0.2, 0) is 24.3 Å². The molecule has 1 aromatic carbocycles. The van der Waals surface area contributed by atoms with E-state index >= 15 is 0 Å². The summed E-state index contributed by atoms with van der Waals surface area (Å²) in [4.78, 5) is 41.2. The maximum absolute atomic E-state index is 13.3. The standard InChI is InChI=1S/C23H33N5O3/c1-4-12-27-21(24)20(26-13-7-6-8-14-26)22(30)28(23(27)31)15-18(29)25-19-16(3)10-9-11-17(19)5-2/h9-11H,4-8,12-15,24H2,1-3H3,(H,25,29). The fourth-order valence-corrected chi connectivity index (χ4v) is 4.22. The van der Waals surface area contributed by atoms with Gasteiger partial charge >= 0.3 is 5.69 Å². The van der Waals surface area contributed by atoms with Crippen LogP contribution >= 0.6 is 0 Å². The van der Waals surface area contributed by atoms with Crippen LogP contribution in [0.4, 0.5) is 17.2 Å². The first-order valence-electron chi connectivity index (χ1n) is 11.1. The fourth-order valence-electron chi connectivity index (χ4n) is 4.22. The maximum Gasteiger partial charge on any atom is 0.333 e. The van der Waals surface area contributed by atoms with Crippen LogP contribution in [0.2, 0.25) is 0 Å². The molecule has 168 valence electrons. The summed E-state index contributed by atoms with van der Waals surface area (Å²) in [5.41, 5.74) is 8.28. The molecular formula is C23H33N5O3. The van der Waals surface area contributed by atoms with Crippen LogP contribution in [0, 0.1) is 6.92 Å². The molecule has 8 heteroatoms.